The van der Waals surface area contributed by atoms with E-state index in [9.17, 15) is 4.79 Å². The summed E-state index contributed by atoms with van der Waals surface area (Å²) in [4.78, 5) is 15.6. The summed E-state index contributed by atoms with van der Waals surface area (Å²) in [5.41, 5.74) is 3.55. The number of carbonyl (C=O) groups excluding carboxylic acids is 1. The predicted molar refractivity (Wildman–Crippen MR) is 81.1 cm³/mol. The third kappa shape index (κ3) is 3.48. The molecule has 20 heavy (non-hydrogen) atoms. The van der Waals surface area contributed by atoms with E-state index in [1.54, 1.807) is 13.1 Å². The molecule has 0 atom stereocenters. The molecule has 0 aliphatic rings. The lowest BCUT2D eigenvalue weighted by atomic mass is 10.1. The maximum atomic E-state index is 11.4. The standard InChI is InChI=1S/C15H16ClN3O/c1-10-13(7-8-14(16)19-10)18-9-11-3-5-12(6-4-11)15(20)17-2/h3-8,18H,9H2,1-2H3,(H,17,20). The van der Waals surface area contributed by atoms with Crippen molar-refractivity contribution in [1.82, 2.24) is 10.3 Å². The molecule has 0 unspecified atom stereocenters. The Bertz CT molecular complexity index is 611. The zero-order chi connectivity index (χ0) is 14.5. The number of nitrogens with zero attached hydrogens (tertiary/aromatic N) is 1. The van der Waals surface area contributed by atoms with E-state index in [0.717, 1.165) is 16.9 Å². The molecule has 0 radical (unpaired) electrons. The molecule has 4 nitrogen and oxygen atoms in total. The van der Waals surface area contributed by atoms with Crippen molar-refractivity contribution in [2.45, 2.75) is 13.5 Å². The van der Waals surface area contributed by atoms with Gasteiger partial charge in [0.2, 0.25) is 0 Å². The highest BCUT2D eigenvalue weighted by molar-refractivity contribution is 6.29. The summed E-state index contributed by atoms with van der Waals surface area (Å²) in [5, 5.41) is 6.38. The average Bonchev–Trinajstić information content (AvgIpc) is 2.46. The number of amides is 1. The minimum atomic E-state index is -0.0812. The number of carbonyl (C=O) groups is 1. The lowest BCUT2D eigenvalue weighted by Gasteiger charge is -2.09. The molecule has 1 amide bonds. The van der Waals surface area contributed by atoms with E-state index >= 15 is 0 Å². The summed E-state index contributed by atoms with van der Waals surface area (Å²) in [6.07, 6.45) is 0. The highest BCUT2D eigenvalue weighted by Gasteiger charge is 2.03. The molecule has 104 valence electrons. The number of anilines is 1. The van der Waals surface area contributed by atoms with E-state index in [4.69, 9.17) is 11.6 Å². The van der Waals surface area contributed by atoms with Gasteiger partial charge in [0.1, 0.15) is 5.15 Å². The van der Waals surface area contributed by atoms with Crippen molar-refractivity contribution in [3.8, 4) is 0 Å². The van der Waals surface area contributed by atoms with Crippen LogP contribution in [0.25, 0.3) is 0 Å². The van der Waals surface area contributed by atoms with Gasteiger partial charge < -0.3 is 10.6 Å². The highest BCUT2D eigenvalue weighted by Crippen LogP contribution is 2.16. The number of pyridine rings is 1. The van der Waals surface area contributed by atoms with Crippen molar-refractivity contribution < 1.29 is 4.79 Å². The molecule has 5 heteroatoms. The van der Waals surface area contributed by atoms with Crippen LogP contribution in [0.2, 0.25) is 5.15 Å². The molecule has 0 bridgehead atoms. The second kappa shape index (κ2) is 6.39. The average molecular weight is 290 g/mol. The van der Waals surface area contributed by atoms with Crippen LogP contribution in [0.15, 0.2) is 36.4 Å². The van der Waals surface area contributed by atoms with Gasteiger partial charge in [-0.3, -0.25) is 4.79 Å². The molecule has 1 aromatic heterocycles. The minimum Gasteiger partial charge on any atom is -0.380 e. The predicted octanol–water partition coefficient (Wildman–Crippen LogP) is 3.02. The number of halogens is 1. The quantitative estimate of drug-likeness (QED) is 0.851. The monoisotopic (exact) mass is 289 g/mol. The van der Waals surface area contributed by atoms with Crippen molar-refractivity contribution in [3.05, 3.63) is 58.4 Å². The number of aromatic nitrogens is 1. The Hall–Kier alpha value is -2.07. The van der Waals surface area contributed by atoms with Gasteiger partial charge >= 0.3 is 0 Å². The molecule has 2 N–H and O–H groups in total. The summed E-state index contributed by atoms with van der Waals surface area (Å²) >= 11 is 5.82. The maximum Gasteiger partial charge on any atom is 0.251 e. The second-order valence-electron chi connectivity index (χ2n) is 4.40. The molecule has 2 rings (SSSR count). The van der Waals surface area contributed by atoms with Crippen molar-refractivity contribution in [1.29, 1.82) is 0 Å². The van der Waals surface area contributed by atoms with Crippen LogP contribution in [0, 0.1) is 6.92 Å². The van der Waals surface area contributed by atoms with Crippen molar-refractivity contribution in [2.24, 2.45) is 0 Å². The number of hydrogen-bond donors (Lipinski definition) is 2. The lowest BCUT2D eigenvalue weighted by molar-refractivity contribution is 0.0963. The molecule has 0 saturated heterocycles. The summed E-state index contributed by atoms with van der Waals surface area (Å²) < 4.78 is 0. The molecule has 0 spiro atoms. The number of rotatable bonds is 4. The van der Waals surface area contributed by atoms with Gasteiger partial charge in [-0.25, -0.2) is 4.98 Å². The Kier molecular flexibility index (Phi) is 4.58. The van der Waals surface area contributed by atoms with Gasteiger partial charge in [-0.1, -0.05) is 23.7 Å². The van der Waals surface area contributed by atoms with Gasteiger partial charge in [0.05, 0.1) is 11.4 Å². The van der Waals surface area contributed by atoms with Crippen LogP contribution in [0.4, 0.5) is 5.69 Å². The summed E-state index contributed by atoms with van der Waals surface area (Å²) in [7, 11) is 1.62. The largest absolute Gasteiger partial charge is 0.380 e. The van der Waals surface area contributed by atoms with E-state index in [1.807, 2.05) is 37.3 Å². The Labute approximate surface area is 123 Å². The maximum absolute atomic E-state index is 11.4. The van der Waals surface area contributed by atoms with Crippen LogP contribution in [-0.4, -0.2) is 17.9 Å². The number of aryl methyl sites for hydroxylation is 1. The topological polar surface area (TPSA) is 54.0 Å². The van der Waals surface area contributed by atoms with E-state index in [2.05, 4.69) is 15.6 Å². The van der Waals surface area contributed by atoms with Gasteiger partial charge in [0.15, 0.2) is 0 Å². The van der Waals surface area contributed by atoms with Crippen LogP contribution in [0.3, 0.4) is 0 Å². The third-order valence-electron chi connectivity index (χ3n) is 2.98. The number of hydrogen-bond acceptors (Lipinski definition) is 3. The Morgan fingerprint density at radius 1 is 1.20 bits per heavy atom. The summed E-state index contributed by atoms with van der Waals surface area (Å²) in [6, 6.07) is 11.1. The number of nitrogens with one attached hydrogen (secondary N) is 2. The first-order valence-corrected chi connectivity index (χ1v) is 6.66. The Morgan fingerprint density at radius 3 is 2.50 bits per heavy atom. The van der Waals surface area contributed by atoms with E-state index in [1.165, 1.54) is 0 Å². The molecular formula is C15H16ClN3O. The van der Waals surface area contributed by atoms with Gasteiger partial charge in [0, 0.05) is 19.2 Å². The smallest absolute Gasteiger partial charge is 0.251 e. The summed E-state index contributed by atoms with van der Waals surface area (Å²) in [6.45, 7) is 2.57. The lowest BCUT2D eigenvalue weighted by Crippen LogP contribution is -2.17. The first-order chi connectivity index (χ1) is 9.60. The van der Waals surface area contributed by atoms with Crippen molar-refractivity contribution >= 4 is 23.2 Å². The zero-order valence-electron chi connectivity index (χ0n) is 11.4. The molecule has 2 aromatic rings. The van der Waals surface area contributed by atoms with Crippen molar-refractivity contribution in [3.63, 3.8) is 0 Å². The molecule has 0 saturated carbocycles. The molecule has 0 fully saturated rings. The van der Waals surface area contributed by atoms with Gasteiger partial charge in [-0.05, 0) is 36.8 Å². The summed E-state index contributed by atoms with van der Waals surface area (Å²) in [5.74, 6) is -0.0812. The van der Waals surface area contributed by atoms with Crippen LogP contribution in [0.5, 0.6) is 0 Å². The number of benzene rings is 1. The molecule has 1 heterocycles. The highest BCUT2D eigenvalue weighted by atomic mass is 35.5. The van der Waals surface area contributed by atoms with Crippen LogP contribution in [-0.2, 0) is 6.54 Å². The molecule has 0 aliphatic heterocycles. The zero-order valence-corrected chi connectivity index (χ0v) is 12.2. The van der Waals surface area contributed by atoms with Crippen LogP contribution < -0.4 is 10.6 Å². The van der Waals surface area contributed by atoms with E-state index < -0.39 is 0 Å². The van der Waals surface area contributed by atoms with Gasteiger partial charge in [-0.2, -0.15) is 0 Å². The van der Waals surface area contributed by atoms with Crippen molar-refractivity contribution in [2.75, 3.05) is 12.4 Å². The Morgan fingerprint density at radius 2 is 1.90 bits per heavy atom. The molecule has 0 aliphatic carbocycles. The van der Waals surface area contributed by atoms with Crippen LogP contribution >= 0.6 is 11.6 Å². The fourth-order valence-corrected chi connectivity index (χ4v) is 2.02. The van der Waals surface area contributed by atoms with E-state index in [-0.39, 0.29) is 5.91 Å². The molecular weight excluding hydrogens is 274 g/mol. The van der Waals surface area contributed by atoms with E-state index in [0.29, 0.717) is 17.3 Å². The first-order valence-electron chi connectivity index (χ1n) is 6.28. The minimum absolute atomic E-state index is 0.0812. The fourth-order valence-electron chi connectivity index (χ4n) is 1.83. The Balaban J connectivity index is 2.02. The SMILES string of the molecule is CNC(=O)c1ccc(CNc2ccc(Cl)nc2C)cc1. The third-order valence-corrected chi connectivity index (χ3v) is 3.19. The normalized spacial score (nSPS) is 10.2. The second-order valence-corrected chi connectivity index (χ2v) is 4.78. The first kappa shape index (κ1) is 14.3. The van der Waals surface area contributed by atoms with Gasteiger partial charge in [-0.15, -0.1) is 0 Å². The molecule has 1 aromatic carbocycles. The van der Waals surface area contributed by atoms with Gasteiger partial charge in [0.25, 0.3) is 5.91 Å². The van der Waals surface area contributed by atoms with Crippen LogP contribution in [0.1, 0.15) is 21.6 Å². The fraction of sp³-hybridized carbons (Fsp3) is 0.200.